The second kappa shape index (κ2) is 9.69. The Balaban J connectivity index is 1.83. The number of nitrogens with zero attached hydrogens (tertiary/aromatic N) is 2. The predicted molar refractivity (Wildman–Crippen MR) is 110 cm³/mol. The smallest absolute Gasteiger partial charge is 0.448 e. The van der Waals surface area contributed by atoms with E-state index >= 15 is 0 Å². The Kier molecular flexibility index (Phi) is 7.12. The third-order valence-corrected chi connectivity index (χ3v) is 5.07. The van der Waals surface area contributed by atoms with E-state index < -0.39 is 49.0 Å². The van der Waals surface area contributed by atoms with Crippen LogP contribution in [0.2, 0.25) is 0 Å². The number of pyridine rings is 1. The van der Waals surface area contributed by atoms with Gasteiger partial charge >= 0.3 is 12.5 Å². The molecular formula is C21H21F5N4O4. The Morgan fingerprint density at radius 2 is 2.00 bits per heavy atom. The number of nitrogens with one attached hydrogen (secondary N) is 1. The Morgan fingerprint density at radius 1 is 1.26 bits per heavy atom. The van der Waals surface area contributed by atoms with Gasteiger partial charge in [0.25, 0.3) is 11.8 Å². The lowest BCUT2D eigenvalue weighted by molar-refractivity contribution is -0.274. The van der Waals surface area contributed by atoms with Crippen molar-refractivity contribution in [2.75, 3.05) is 18.5 Å². The maximum atomic E-state index is 14.1. The van der Waals surface area contributed by atoms with Gasteiger partial charge in [-0.25, -0.2) is 18.6 Å². The Bertz CT molecular complexity index is 1060. The molecule has 0 unspecified atom stereocenters. The highest BCUT2D eigenvalue weighted by molar-refractivity contribution is 5.97. The summed E-state index contributed by atoms with van der Waals surface area (Å²) in [5, 5.41) is 2.76. The van der Waals surface area contributed by atoms with Crippen molar-refractivity contribution in [2.45, 2.75) is 38.1 Å². The zero-order chi connectivity index (χ0) is 25.1. The maximum absolute atomic E-state index is 14.1. The number of carbonyl (C=O) groups excluding carboxylic acids is 2. The maximum Gasteiger partial charge on any atom is 0.573 e. The average molecular weight is 488 g/mol. The van der Waals surface area contributed by atoms with Crippen LogP contribution in [0.15, 0.2) is 36.5 Å². The summed E-state index contributed by atoms with van der Waals surface area (Å²) >= 11 is 0. The van der Waals surface area contributed by atoms with Gasteiger partial charge < -0.3 is 25.4 Å². The van der Waals surface area contributed by atoms with Crippen LogP contribution >= 0.6 is 0 Å². The monoisotopic (exact) mass is 488 g/mol. The molecule has 3 N–H and O–H groups in total. The summed E-state index contributed by atoms with van der Waals surface area (Å²) in [7, 11) is 0. The first-order valence-corrected chi connectivity index (χ1v) is 10.0. The predicted octanol–water partition coefficient (Wildman–Crippen LogP) is 4.37. The van der Waals surface area contributed by atoms with Gasteiger partial charge in [-0.15, -0.1) is 13.2 Å². The number of hydrogen-bond donors (Lipinski definition) is 2. The van der Waals surface area contributed by atoms with Crippen LogP contribution in [-0.4, -0.2) is 53.4 Å². The second-order valence-corrected chi connectivity index (χ2v) is 7.69. The summed E-state index contributed by atoms with van der Waals surface area (Å²) in [5.74, 6) is -4.34. The van der Waals surface area contributed by atoms with E-state index in [9.17, 15) is 31.5 Å². The van der Waals surface area contributed by atoms with Crippen molar-refractivity contribution in [1.82, 2.24) is 9.88 Å². The number of benzene rings is 1. The van der Waals surface area contributed by atoms with E-state index in [2.05, 4.69) is 15.0 Å². The van der Waals surface area contributed by atoms with Crippen molar-refractivity contribution in [3.8, 4) is 5.75 Å². The fourth-order valence-electron chi connectivity index (χ4n) is 3.49. The van der Waals surface area contributed by atoms with Crippen LogP contribution in [0.25, 0.3) is 0 Å². The highest BCUT2D eigenvalue weighted by Crippen LogP contribution is 2.32. The van der Waals surface area contributed by atoms with Crippen LogP contribution in [0.1, 0.15) is 28.8 Å². The van der Waals surface area contributed by atoms with E-state index in [1.807, 2.05) is 0 Å². The fourth-order valence-corrected chi connectivity index (χ4v) is 3.49. The standard InChI is InChI=1S/C21H21F5N4O4/c1-12-2-3-13(29-17-9-15(5-7-28-17)34-21(24,25)26)8-16(12)18(31)30-11-20(22,23)6-4-14(30)10-33-19(27)32/h2-3,5,7-9,14H,4,6,10-11H2,1H3,(H2,27,32)(H,28,29)/t14-/m1/s1. The molecule has 2 heterocycles. The number of aromatic nitrogens is 1. The molecule has 0 saturated carbocycles. The van der Waals surface area contributed by atoms with Crippen molar-refractivity contribution >= 4 is 23.5 Å². The summed E-state index contributed by atoms with van der Waals surface area (Å²) in [6.07, 6.45) is -5.45. The van der Waals surface area contributed by atoms with Gasteiger partial charge in [-0.1, -0.05) is 6.07 Å². The average Bonchev–Trinajstić information content (AvgIpc) is 2.72. The Hall–Kier alpha value is -3.64. The van der Waals surface area contributed by atoms with E-state index in [4.69, 9.17) is 10.5 Å². The van der Waals surface area contributed by atoms with Crippen LogP contribution in [0.3, 0.4) is 0 Å². The molecule has 0 radical (unpaired) electrons. The number of hydrogen-bond acceptors (Lipinski definition) is 6. The molecular weight excluding hydrogens is 467 g/mol. The van der Waals surface area contributed by atoms with Gasteiger partial charge in [0.1, 0.15) is 18.2 Å². The third kappa shape index (κ3) is 6.68. The molecule has 1 aromatic carbocycles. The van der Waals surface area contributed by atoms with Gasteiger partial charge in [-0.05, 0) is 37.1 Å². The van der Waals surface area contributed by atoms with Crippen LogP contribution in [0.5, 0.6) is 5.75 Å². The van der Waals surface area contributed by atoms with Crippen molar-refractivity contribution < 1.29 is 41.0 Å². The van der Waals surface area contributed by atoms with Gasteiger partial charge in [0.15, 0.2) is 0 Å². The first-order chi connectivity index (χ1) is 15.8. The SMILES string of the molecule is Cc1ccc(Nc2cc(OC(F)(F)F)ccn2)cc1C(=O)N1CC(F)(F)CC[C@@H]1COC(N)=O. The number of ether oxygens (including phenoxy) is 2. The highest BCUT2D eigenvalue weighted by Gasteiger charge is 2.43. The molecule has 2 aromatic rings. The van der Waals surface area contributed by atoms with Crippen LogP contribution < -0.4 is 15.8 Å². The lowest BCUT2D eigenvalue weighted by Crippen LogP contribution is -2.53. The molecule has 0 spiro atoms. The number of halogens is 5. The van der Waals surface area contributed by atoms with E-state index in [-0.39, 0.29) is 30.1 Å². The van der Waals surface area contributed by atoms with Crippen LogP contribution in [0, 0.1) is 6.92 Å². The number of rotatable bonds is 6. The van der Waals surface area contributed by atoms with Crippen LogP contribution in [-0.2, 0) is 4.74 Å². The topological polar surface area (TPSA) is 107 Å². The first kappa shape index (κ1) is 25.0. The summed E-state index contributed by atoms with van der Waals surface area (Å²) in [6, 6.07) is 5.69. The molecule has 1 saturated heterocycles. The van der Waals surface area contributed by atoms with Crippen molar-refractivity contribution in [3.63, 3.8) is 0 Å². The minimum absolute atomic E-state index is 0.00115. The lowest BCUT2D eigenvalue weighted by atomic mass is 9.97. The minimum Gasteiger partial charge on any atom is -0.448 e. The zero-order valence-electron chi connectivity index (χ0n) is 17.9. The number of primary amides is 1. The Morgan fingerprint density at radius 3 is 2.68 bits per heavy atom. The second-order valence-electron chi connectivity index (χ2n) is 7.69. The number of likely N-dealkylation sites (tertiary alicyclic amines) is 1. The molecule has 34 heavy (non-hydrogen) atoms. The Labute approximate surface area is 190 Å². The molecule has 2 amide bonds. The molecule has 13 heteroatoms. The van der Waals surface area contributed by atoms with E-state index in [1.165, 1.54) is 6.07 Å². The molecule has 1 aliphatic heterocycles. The number of alkyl halides is 5. The molecule has 0 aliphatic carbocycles. The van der Waals surface area contributed by atoms with Gasteiger partial charge in [0.2, 0.25) is 0 Å². The van der Waals surface area contributed by atoms with Crippen molar-refractivity contribution in [3.05, 3.63) is 47.7 Å². The first-order valence-electron chi connectivity index (χ1n) is 10.0. The minimum atomic E-state index is -4.88. The summed E-state index contributed by atoms with van der Waals surface area (Å²) in [4.78, 5) is 29.0. The molecule has 8 nitrogen and oxygen atoms in total. The molecule has 1 atom stereocenters. The van der Waals surface area contributed by atoms with Crippen LogP contribution in [0.4, 0.5) is 38.3 Å². The van der Waals surface area contributed by atoms with Gasteiger partial charge in [0, 0.05) is 29.9 Å². The zero-order valence-corrected chi connectivity index (χ0v) is 17.9. The summed E-state index contributed by atoms with van der Waals surface area (Å²) in [5.41, 5.74) is 5.79. The number of anilines is 2. The van der Waals surface area contributed by atoms with Gasteiger partial charge in [-0.2, -0.15) is 0 Å². The highest BCUT2D eigenvalue weighted by atomic mass is 19.4. The molecule has 1 aromatic heterocycles. The van der Waals surface area contributed by atoms with E-state index in [1.54, 1.807) is 19.1 Å². The van der Waals surface area contributed by atoms with Gasteiger partial charge in [-0.3, -0.25) is 4.79 Å². The molecule has 0 bridgehead atoms. The van der Waals surface area contributed by atoms with E-state index in [0.717, 1.165) is 23.2 Å². The molecule has 1 aliphatic rings. The number of carbonyl (C=O) groups is 2. The quantitative estimate of drug-likeness (QED) is 0.585. The molecule has 184 valence electrons. The van der Waals surface area contributed by atoms with Gasteiger partial charge in [0.05, 0.1) is 12.6 Å². The van der Waals surface area contributed by atoms with Crippen molar-refractivity contribution in [2.24, 2.45) is 5.73 Å². The van der Waals surface area contributed by atoms with Crippen molar-refractivity contribution in [1.29, 1.82) is 0 Å². The molecule has 3 rings (SSSR count). The largest absolute Gasteiger partial charge is 0.573 e. The number of piperidine rings is 1. The summed E-state index contributed by atoms with van der Waals surface area (Å²) in [6.45, 7) is 0.405. The lowest BCUT2D eigenvalue weighted by Gasteiger charge is -2.39. The third-order valence-electron chi connectivity index (χ3n) is 5.07. The number of aryl methyl sites for hydroxylation is 1. The molecule has 1 fully saturated rings. The fraction of sp³-hybridized carbons (Fsp3) is 0.381. The van der Waals surface area contributed by atoms with E-state index in [0.29, 0.717) is 5.56 Å². The summed E-state index contributed by atoms with van der Waals surface area (Å²) < 4.78 is 74.1. The number of amides is 2. The normalized spacial score (nSPS) is 17.7. The number of nitrogens with two attached hydrogens (primary N) is 1.